The van der Waals surface area contributed by atoms with Crippen molar-refractivity contribution in [2.45, 2.75) is 0 Å². The summed E-state index contributed by atoms with van der Waals surface area (Å²) in [6.45, 7) is 0. The molecule has 0 saturated heterocycles. The highest BCUT2D eigenvalue weighted by molar-refractivity contribution is 6.17. The zero-order valence-corrected chi connectivity index (χ0v) is 11.3. The molecular formula is C15H14N4O. The largest absolute Gasteiger partial charge is 0.344 e. The number of amides is 2. The predicted molar refractivity (Wildman–Crippen MR) is 77.9 cm³/mol. The summed E-state index contributed by atoms with van der Waals surface area (Å²) in [4.78, 5) is 18.1. The van der Waals surface area contributed by atoms with Crippen LogP contribution in [0.3, 0.4) is 0 Å². The van der Waals surface area contributed by atoms with Crippen LogP contribution in [0.4, 0.5) is 10.5 Å². The van der Waals surface area contributed by atoms with Crippen LogP contribution in [-0.4, -0.2) is 35.8 Å². The third-order valence-electron chi connectivity index (χ3n) is 3.24. The van der Waals surface area contributed by atoms with Crippen molar-refractivity contribution in [3.63, 3.8) is 0 Å². The van der Waals surface area contributed by atoms with Crippen LogP contribution in [0.2, 0.25) is 0 Å². The average molecular weight is 266 g/mol. The number of hydrogen-bond donors (Lipinski definition) is 0. The van der Waals surface area contributed by atoms with E-state index in [1.165, 1.54) is 5.01 Å². The summed E-state index contributed by atoms with van der Waals surface area (Å²) in [5.74, 6) is 0. The summed E-state index contributed by atoms with van der Waals surface area (Å²) < 4.78 is 0. The Morgan fingerprint density at radius 2 is 1.75 bits per heavy atom. The van der Waals surface area contributed by atoms with Crippen molar-refractivity contribution in [2.75, 3.05) is 19.0 Å². The summed E-state index contributed by atoms with van der Waals surface area (Å²) in [6, 6.07) is 13.2. The van der Waals surface area contributed by atoms with Crippen LogP contribution in [0.25, 0.3) is 0 Å². The van der Waals surface area contributed by atoms with Gasteiger partial charge in [-0.1, -0.05) is 24.3 Å². The molecule has 2 aromatic rings. The Bertz CT molecular complexity index is 681. The average Bonchev–Trinajstić information content (AvgIpc) is 2.60. The lowest BCUT2D eigenvalue weighted by atomic mass is 10.0. The van der Waals surface area contributed by atoms with Gasteiger partial charge in [0, 0.05) is 25.9 Å². The number of fused-ring (bicyclic) bond motifs is 1. The Labute approximate surface area is 117 Å². The van der Waals surface area contributed by atoms with E-state index in [2.05, 4.69) is 10.1 Å². The molecule has 0 unspecified atom stereocenters. The van der Waals surface area contributed by atoms with E-state index in [9.17, 15) is 4.79 Å². The minimum Gasteiger partial charge on any atom is -0.295 e. The number of hydrazone groups is 1. The number of carbonyl (C=O) groups is 1. The van der Waals surface area contributed by atoms with Crippen LogP contribution in [0, 0.1) is 0 Å². The normalized spacial score (nSPS) is 14.7. The van der Waals surface area contributed by atoms with Gasteiger partial charge in [0.05, 0.1) is 11.4 Å². The number of hydrogen-bond acceptors (Lipinski definition) is 3. The van der Waals surface area contributed by atoms with Crippen molar-refractivity contribution in [1.82, 2.24) is 9.99 Å². The fourth-order valence-corrected chi connectivity index (χ4v) is 2.23. The summed E-state index contributed by atoms with van der Waals surface area (Å²) in [6.07, 6.45) is 1.72. The minimum atomic E-state index is -0.177. The predicted octanol–water partition coefficient (Wildman–Crippen LogP) is 2.34. The number of anilines is 1. The quantitative estimate of drug-likeness (QED) is 0.795. The van der Waals surface area contributed by atoms with Gasteiger partial charge in [0.15, 0.2) is 0 Å². The number of pyridine rings is 1. The molecule has 3 rings (SSSR count). The first-order chi connectivity index (χ1) is 9.68. The molecule has 5 nitrogen and oxygen atoms in total. The van der Waals surface area contributed by atoms with Crippen molar-refractivity contribution in [2.24, 2.45) is 5.10 Å². The SMILES string of the molecule is CN1N=C(c2ccccn2)c2ccccc2N(C)C1=O. The number of carbonyl (C=O) groups excluding carboxylic acids is 1. The van der Waals surface area contributed by atoms with Crippen LogP contribution in [0.15, 0.2) is 53.8 Å². The zero-order valence-electron chi connectivity index (χ0n) is 11.3. The Kier molecular flexibility index (Phi) is 2.95. The Morgan fingerprint density at radius 1 is 1.00 bits per heavy atom. The number of aromatic nitrogens is 1. The van der Waals surface area contributed by atoms with Crippen molar-refractivity contribution >= 4 is 17.4 Å². The molecule has 0 saturated carbocycles. The van der Waals surface area contributed by atoms with E-state index >= 15 is 0 Å². The molecule has 0 spiro atoms. The second-order valence-corrected chi connectivity index (χ2v) is 4.55. The van der Waals surface area contributed by atoms with E-state index in [-0.39, 0.29) is 6.03 Å². The van der Waals surface area contributed by atoms with Gasteiger partial charge in [0.1, 0.15) is 5.71 Å². The van der Waals surface area contributed by atoms with Crippen molar-refractivity contribution in [3.8, 4) is 0 Å². The van der Waals surface area contributed by atoms with E-state index < -0.39 is 0 Å². The van der Waals surface area contributed by atoms with Crippen molar-refractivity contribution < 1.29 is 4.79 Å². The minimum absolute atomic E-state index is 0.177. The van der Waals surface area contributed by atoms with E-state index in [1.807, 2.05) is 42.5 Å². The maximum atomic E-state index is 12.2. The highest BCUT2D eigenvalue weighted by Gasteiger charge is 2.25. The van der Waals surface area contributed by atoms with Crippen LogP contribution in [0.1, 0.15) is 11.3 Å². The van der Waals surface area contributed by atoms with E-state index in [0.29, 0.717) is 5.71 Å². The lowest BCUT2D eigenvalue weighted by molar-refractivity contribution is 0.219. The molecule has 0 atom stereocenters. The Hall–Kier alpha value is -2.69. The highest BCUT2D eigenvalue weighted by atomic mass is 16.2. The lowest BCUT2D eigenvalue weighted by Crippen LogP contribution is -2.34. The molecule has 2 heterocycles. The van der Waals surface area contributed by atoms with Gasteiger partial charge in [-0.15, -0.1) is 0 Å². The number of nitrogens with zero attached hydrogens (tertiary/aromatic N) is 4. The van der Waals surface area contributed by atoms with Crippen molar-refractivity contribution in [3.05, 3.63) is 59.9 Å². The monoisotopic (exact) mass is 266 g/mol. The molecule has 1 aliphatic rings. The van der Waals surface area contributed by atoms with E-state index in [0.717, 1.165) is 16.9 Å². The number of benzene rings is 1. The summed E-state index contributed by atoms with van der Waals surface area (Å²) >= 11 is 0. The smallest absolute Gasteiger partial charge is 0.295 e. The molecule has 1 aromatic carbocycles. The molecule has 0 bridgehead atoms. The standard InChI is InChI=1S/C15H14N4O/c1-18-13-9-4-3-7-11(13)14(17-19(2)15(18)20)12-8-5-6-10-16-12/h3-10H,1-2H3. The fraction of sp³-hybridized carbons (Fsp3) is 0.133. The van der Waals surface area contributed by atoms with Gasteiger partial charge in [-0.25, -0.2) is 9.80 Å². The highest BCUT2D eigenvalue weighted by Crippen LogP contribution is 2.26. The molecule has 20 heavy (non-hydrogen) atoms. The summed E-state index contributed by atoms with van der Waals surface area (Å²) in [7, 11) is 3.39. The van der Waals surface area contributed by atoms with Gasteiger partial charge < -0.3 is 0 Å². The van der Waals surface area contributed by atoms with Crippen LogP contribution >= 0.6 is 0 Å². The van der Waals surface area contributed by atoms with Crippen LogP contribution < -0.4 is 4.90 Å². The third-order valence-corrected chi connectivity index (χ3v) is 3.24. The molecule has 1 aromatic heterocycles. The molecule has 1 aliphatic heterocycles. The first kappa shape index (κ1) is 12.3. The second kappa shape index (κ2) is 4.77. The fourth-order valence-electron chi connectivity index (χ4n) is 2.23. The van der Waals surface area contributed by atoms with Crippen LogP contribution in [-0.2, 0) is 0 Å². The molecule has 0 fully saturated rings. The molecule has 2 amide bonds. The van der Waals surface area contributed by atoms with E-state index in [1.54, 1.807) is 25.2 Å². The maximum Gasteiger partial charge on any atom is 0.344 e. The second-order valence-electron chi connectivity index (χ2n) is 4.55. The van der Waals surface area contributed by atoms with Crippen LogP contribution in [0.5, 0.6) is 0 Å². The van der Waals surface area contributed by atoms with Gasteiger partial charge in [0.25, 0.3) is 0 Å². The first-order valence-corrected chi connectivity index (χ1v) is 6.29. The lowest BCUT2D eigenvalue weighted by Gasteiger charge is -2.19. The topological polar surface area (TPSA) is 48.8 Å². The zero-order chi connectivity index (χ0) is 14.1. The van der Waals surface area contributed by atoms with Gasteiger partial charge in [-0.05, 0) is 18.2 Å². The van der Waals surface area contributed by atoms with Gasteiger partial charge in [0.2, 0.25) is 0 Å². The Morgan fingerprint density at radius 3 is 2.50 bits per heavy atom. The first-order valence-electron chi connectivity index (χ1n) is 6.29. The van der Waals surface area contributed by atoms with Crippen molar-refractivity contribution in [1.29, 1.82) is 0 Å². The van der Waals surface area contributed by atoms with E-state index in [4.69, 9.17) is 0 Å². The third kappa shape index (κ3) is 1.93. The molecule has 0 radical (unpaired) electrons. The number of urea groups is 1. The maximum absolute atomic E-state index is 12.2. The Balaban J connectivity index is 2.24. The molecule has 100 valence electrons. The number of rotatable bonds is 1. The summed E-state index contributed by atoms with van der Waals surface area (Å²) in [5, 5.41) is 5.75. The molecule has 5 heteroatoms. The summed E-state index contributed by atoms with van der Waals surface area (Å²) in [5.41, 5.74) is 3.16. The van der Waals surface area contributed by atoms with Gasteiger partial charge in [-0.2, -0.15) is 5.10 Å². The molecular weight excluding hydrogens is 252 g/mol. The molecule has 0 aliphatic carbocycles. The van der Waals surface area contributed by atoms with Gasteiger partial charge in [-0.3, -0.25) is 9.88 Å². The van der Waals surface area contributed by atoms with Gasteiger partial charge >= 0.3 is 6.03 Å². The molecule has 0 N–H and O–H groups in total. The number of para-hydroxylation sites is 1.